The average Bonchev–Trinajstić information content (AvgIpc) is 1.83. The zero-order valence-electron chi connectivity index (χ0n) is 7.21. The molecule has 0 radical (unpaired) electrons. The summed E-state index contributed by atoms with van der Waals surface area (Å²) in [4.78, 5) is 12.6. The number of nitrogens with zero attached hydrogens (tertiary/aromatic N) is 1. The van der Waals surface area contributed by atoms with Crippen molar-refractivity contribution >= 4 is 5.91 Å². The molecule has 1 fully saturated rings. The van der Waals surface area contributed by atoms with E-state index in [1.54, 1.807) is 6.92 Å². The molecule has 0 aromatic rings. The number of rotatable bonds is 2. The van der Waals surface area contributed by atoms with Crippen molar-refractivity contribution in [3.63, 3.8) is 0 Å². The maximum Gasteiger partial charge on any atom is 0.219 e. The first-order valence-corrected chi connectivity index (χ1v) is 4.10. The molecule has 0 spiro atoms. The zero-order chi connectivity index (χ0) is 8.43. The molecule has 0 aromatic carbocycles. The highest BCUT2D eigenvalue weighted by Gasteiger charge is 2.31. The van der Waals surface area contributed by atoms with Gasteiger partial charge < -0.3 is 10.6 Å². The summed E-state index contributed by atoms with van der Waals surface area (Å²) in [5, 5.41) is 0. The molecule has 0 saturated carbocycles. The van der Waals surface area contributed by atoms with Crippen molar-refractivity contribution < 1.29 is 4.79 Å². The summed E-state index contributed by atoms with van der Waals surface area (Å²) < 4.78 is 0. The molecular formula is C8H16N2O. The fourth-order valence-corrected chi connectivity index (χ4v) is 1.32. The number of carbonyl (C=O) groups excluding carboxylic acids is 1. The molecule has 1 atom stereocenters. The summed E-state index contributed by atoms with van der Waals surface area (Å²) in [5.74, 6) is 1.39. The van der Waals surface area contributed by atoms with E-state index < -0.39 is 0 Å². The molecule has 1 saturated heterocycles. The first-order chi connectivity index (χ1) is 5.15. The molecule has 1 rings (SSSR count). The largest absolute Gasteiger partial charge is 0.342 e. The van der Waals surface area contributed by atoms with Gasteiger partial charge in [0.1, 0.15) is 0 Å². The Morgan fingerprint density at radius 1 is 1.73 bits per heavy atom. The van der Waals surface area contributed by atoms with Crippen LogP contribution in [-0.4, -0.2) is 30.4 Å². The number of hydrogen-bond acceptors (Lipinski definition) is 2. The van der Waals surface area contributed by atoms with Gasteiger partial charge in [0.2, 0.25) is 5.91 Å². The smallest absolute Gasteiger partial charge is 0.219 e. The van der Waals surface area contributed by atoms with Gasteiger partial charge in [-0.15, -0.1) is 0 Å². The third kappa shape index (κ3) is 1.71. The van der Waals surface area contributed by atoms with E-state index in [4.69, 9.17) is 5.73 Å². The van der Waals surface area contributed by atoms with Crippen molar-refractivity contribution in [1.82, 2.24) is 4.90 Å². The van der Waals surface area contributed by atoms with Gasteiger partial charge in [0.15, 0.2) is 0 Å². The highest BCUT2D eigenvalue weighted by Crippen LogP contribution is 2.22. The van der Waals surface area contributed by atoms with Crippen LogP contribution in [0.25, 0.3) is 0 Å². The van der Waals surface area contributed by atoms with Gasteiger partial charge in [-0.1, -0.05) is 6.92 Å². The summed E-state index contributed by atoms with van der Waals surface area (Å²) >= 11 is 0. The van der Waals surface area contributed by atoms with Crippen LogP contribution >= 0.6 is 0 Å². The number of carbonyl (C=O) groups is 1. The Morgan fingerprint density at radius 2 is 2.27 bits per heavy atom. The van der Waals surface area contributed by atoms with Crippen LogP contribution in [0.15, 0.2) is 0 Å². The minimum Gasteiger partial charge on any atom is -0.342 e. The van der Waals surface area contributed by atoms with E-state index in [-0.39, 0.29) is 5.91 Å². The van der Waals surface area contributed by atoms with E-state index in [2.05, 4.69) is 6.92 Å². The molecular weight excluding hydrogens is 140 g/mol. The maximum absolute atomic E-state index is 10.8. The zero-order valence-corrected chi connectivity index (χ0v) is 7.21. The second kappa shape index (κ2) is 3.22. The van der Waals surface area contributed by atoms with Crippen molar-refractivity contribution in [2.75, 3.05) is 19.6 Å². The Balaban J connectivity index is 2.23. The van der Waals surface area contributed by atoms with E-state index in [9.17, 15) is 4.79 Å². The Kier molecular flexibility index (Phi) is 2.49. The first kappa shape index (κ1) is 8.53. The van der Waals surface area contributed by atoms with Gasteiger partial charge in [-0.2, -0.15) is 0 Å². The van der Waals surface area contributed by atoms with Crippen molar-refractivity contribution in [3.8, 4) is 0 Å². The molecule has 0 bridgehead atoms. The average molecular weight is 156 g/mol. The fraction of sp³-hybridized carbons (Fsp3) is 0.875. The lowest BCUT2D eigenvalue weighted by atomic mass is 9.87. The molecule has 3 nitrogen and oxygen atoms in total. The monoisotopic (exact) mass is 156 g/mol. The normalized spacial score (nSPS) is 21.2. The van der Waals surface area contributed by atoms with Gasteiger partial charge in [-0.05, 0) is 18.4 Å². The van der Waals surface area contributed by atoms with E-state index in [0.717, 1.165) is 19.6 Å². The van der Waals surface area contributed by atoms with Crippen LogP contribution in [0.3, 0.4) is 0 Å². The Morgan fingerprint density at radius 3 is 2.64 bits per heavy atom. The fourth-order valence-electron chi connectivity index (χ4n) is 1.32. The molecule has 1 unspecified atom stereocenters. The Labute approximate surface area is 67.5 Å². The third-order valence-corrected chi connectivity index (χ3v) is 2.53. The lowest BCUT2D eigenvalue weighted by Gasteiger charge is -2.41. The van der Waals surface area contributed by atoms with Crippen LogP contribution in [0.5, 0.6) is 0 Å². The van der Waals surface area contributed by atoms with Crippen LogP contribution in [0.4, 0.5) is 0 Å². The third-order valence-electron chi connectivity index (χ3n) is 2.53. The molecule has 3 heteroatoms. The number of amides is 1. The van der Waals surface area contributed by atoms with Crippen LogP contribution in [0, 0.1) is 11.8 Å². The molecule has 0 aliphatic carbocycles. The van der Waals surface area contributed by atoms with Crippen molar-refractivity contribution in [2.24, 2.45) is 17.6 Å². The topological polar surface area (TPSA) is 46.3 Å². The molecule has 2 N–H and O–H groups in total. The van der Waals surface area contributed by atoms with Gasteiger partial charge in [-0.3, -0.25) is 4.79 Å². The molecule has 1 aliphatic heterocycles. The highest BCUT2D eigenvalue weighted by molar-refractivity contribution is 5.74. The van der Waals surface area contributed by atoms with Crippen LogP contribution in [-0.2, 0) is 4.79 Å². The predicted molar refractivity (Wildman–Crippen MR) is 44.0 cm³/mol. The maximum atomic E-state index is 10.8. The summed E-state index contributed by atoms with van der Waals surface area (Å²) in [6, 6.07) is 0. The first-order valence-electron chi connectivity index (χ1n) is 4.10. The SMILES string of the molecule is CC(=O)N1CC(C(C)CN)C1. The highest BCUT2D eigenvalue weighted by atomic mass is 16.2. The van der Waals surface area contributed by atoms with Gasteiger partial charge in [0, 0.05) is 20.0 Å². The lowest BCUT2D eigenvalue weighted by Crippen LogP contribution is -2.52. The molecule has 11 heavy (non-hydrogen) atoms. The lowest BCUT2D eigenvalue weighted by molar-refractivity contribution is -0.136. The number of hydrogen-bond donors (Lipinski definition) is 1. The standard InChI is InChI=1S/C8H16N2O/c1-6(3-9)8-4-10(5-8)7(2)11/h6,8H,3-5,9H2,1-2H3. The minimum atomic E-state index is 0.186. The van der Waals surface area contributed by atoms with E-state index in [1.807, 2.05) is 4.90 Å². The van der Waals surface area contributed by atoms with E-state index >= 15 is 0 Å². The molecule has 1 aliphatic rings. The van der Waals surface area contributed by atoms with Gasteiger partial charge in [0.05, 0.1) is 0 Å². The van der Waals surface area contributed by atoms with Crippen LogP contribution in [0.1, 0.15) is 13.8 Å². The van der Waals surface area contributed by atoms with Crippen LogP contribution < -0.4 is 5.73 Å². The molecule has 64 valence electrons. The second-order valence-electron chi connectivity index (χ2n) is 3.40. The van der Waals surface area contributed by atoms with Gasteiger partial charge in [-0.25, -0.2) is 0 Å². The van der Waals surface area contributed by atoms with Crippen molar-refractivity contribution in [1.29, 1.82) is 0 Å². The van der Waals surface area contributed by atoms with Crippen molar-refractivity contribution in [2.45, 2.75) is 13.8 Å². The summed E-state index contributed by atoms with van der Waals surface area (Å²) in [6.07, 6.45) is 0. The Hall–Kier alpha value is -0.570. The number of nitrogens with two attached hydrogens (primary N) is 1. The van der Waals surface area contributed by atoms with E-state index in [0.29, 0.717) is 11.8 Å². The molecule has 1 amide bonds. The summed E-state index contributed by atoms with van der Waals surface area (Å²) in [5.41, 5.74) is 5.50. The van der Waals surface area contributed by atoms with E-state index in [1.165, 1.54) is 0 Å². The van der Waals surface area contributed by atoms with Gasteiger partial charge in [0.25, 0.3) is 0 Å². The quantitative estimate of drug-likeness (QED) is 0.614. The second-order valence-corrected chi connectivity index (χ2v) is 3.40. The van der Waals surface area contributed by atoms with Gasteiger partial charge >= 0.3 is 0 Å². The predicted octanol–water partition coefficient (Wildman–Crippen LogP) is 0.0595. The number of likely N-dealkylation sites (tertiary alicyclic amines) is 1. The van der Waals surface area contributed by atoms with Crippen LogP contribution in [0.2, 0.25) is 0 Å². The summed E-state index contributed by atoms with van der Waals surface area (Å²) in [7, 11) is 0. The minimum absolute atomic E-state index is 0.186. The molecule has 1 heterocycles. The Bertz CT molecular complexity index is 152. The van der Waals surface area contributed by atoms with Crippen molar-refractivity contribution in [3.05, 3.63) is 0 Å². The summed E-state index contributed by atoms with van der Waals surface area (Å²) in [6.45, 7) is 6.31. The molecule has 0 aromatic heterocycles.